The number of hydrogen-bond donors (Lipinski definition) is 3. The number of piperidine rings is 1. The van der Waals surface area contributed by atoms with Crippen LogP contribution in [-0.4, -0.2) is 98.5 Å². The summed E-state index contributed by atoms with van der Waals surface area (Å²) in [5, 5.41) is 10.4. The van der Waals surface area contributed by atoms with Crippen molar-refractivity contribution in [2.75, 3.05) is 87.6 Å². The second kappa shape index (κ2) is 14.7. The Hall–Kier alpha value is -3.81. The highest BCUT2D eigenvalue weighted by Gasteiger charge is 2.28. The van der Waals surface area contributed by atoms with Crippen LogP contribution in [0.4, 0.5) is 34.5 Å². The van der Waals surface area contributed by atoms with E-state index in [-0.39, 0.29) is 5.95 Å². The number of halogens is 1. The standard InChI is InChI=1S/C33H42ClN8O3P/c1-6-9-31(43)36-26-20-27(29(45-3)21-28(26)42-14-12-23(13-15-42)41-18-16-40(2)17-19-41)38-33-35-22-24(34)32(39-33)37-25-10-7-8-11-30(25)46(4,5)44/h7-8,10-11,20-23H,12-19H2,1-5H3,(H,36,43)(H2,35,37,38,39). The number of para-hydroxylation sites is 1. The Bertz CT molecular complexity index is 1670. The molecule has 2 aromatic carbocycles. The number of carbonyl (C=O) groups excluding carboxylic acids is 1. The molecule has 3 N–H and O–H groups in total. The summed E-state index contributed by atoms with van der Waals surface area (Å²) in [5.41, 5.74) is 2.68. The number of nitrogens with one attached hydrogen (secondary N) is 3. The zero-order valence-corrected chi connectivity index (χ0v) is 28.7. The Morgan fingerprint density at radius 3 is 2.41 bits per heavy atom. The Morgan fingerprint density at radius 2 is 1.74 bits per heavy atom. The highest BCUT2D eigenvalue weighted by Crippen LogP contribution is 2.41. The van der Waals surface area contributed by atoms with Gasteiger partial charge in [0.2, 0.25) is 5.95 Å². The maximum absolute atomic E-state index is 12.9. The van der Waals surface area contributed by atoms with Gasteiger partial charge in [0.25, 0.3) is 5.91 Å². The van der Waals surface area contributed by atoms with E-state index in [9.17, 15) is 9.36 Å². The van der Waals surface area contributed by atoms with Crippen molar-refractivity contribution in [1.82, 2.24) is 19.8 Å². The summed E-state index contributed by atoms with van der Waals surface area (Å²) < 4.78 is 18.7. The molecule has 1 amide bonds. The van der Waals surface area contributed by atoms with Crippen molar-refractivity contribution in [3.05, 3.63) is 47.6 Å². The van der Waals surface area contributed by atoms with Gasteiger partial charge < -0.3 is 35.1 Å². The number of ether oxygens (including phenoxy) is 1. The van der Waals surface area contributed by atoms with Crippen molar-refractivity contribution in [2.45, 2.75) is 25.8 Å². The molecule has 5 rings (SSSR count). The van der Waals surface area contributed by atoms with E-state index in [1.54, 1.807) is 27.4 Å². The summed E-state index contributed by atoms with van der Waals surface area (Å²) in [6.07, 6.45) is 3.57. The monoisotopic (exact) mass is 664 g/mol. The Kier molecular flexibility index (Phi) is 10.7. The maximum atomic E-state index is 12.9. The third kappa shape index (κ3) is 8.12. The molecule has 0 spiro atoms. The van der Waals surface area contributed by atoms with Gasteiger partial charge >= 0.3 is 0 Å². The second-order valence-corrected chi connectivity index (χ2v) is 15.6. The minimum Gasteiger partial charge on any atom is -0.494 e. The van der Waals surface area contributed by atoms with Crippen LogP contribution in [0.1, 0.15) is 19.8 Å². The molecule has 13 heteroatoms. The van der Waals surface area contributed by atoms with Crippen molar-refractivity contribution in [3.63, 3.8) is 0 Å². The summed E-state index contributed by atoms with van der Waals surface area (Å²) in [5.74, 6) is 6.02. The first kappa shape index (κ1) is 33.6. The fraction of sp³-hybridized carbons (Fsp3) is 0.424. The van der Waals surface area contributed by atoms with E-state index in [1.807, 2.05) is 36.4 Å². The molecule has 2 fully saturated rings. The Labute approximate surface area is 276 Å². The molecule has 3 aromatic rings. The number of piperazine rings is 1. The normalized spacial score (nSPS) is 16.3. The van der Waals surface area contributed by atoms with Gasteiger partial charge in [-0.3, -0.25) is 9.69 Å². The van der Waals surface area contributed by atoms with Gasteiger partial charge in [0.1, 0.15) is 17.9 Å². The van der Waals surface area contributed by atoms with Gasteiger partial charge in [-0.25, -0.2) is 4.98 Å². The number of likely N-dealkylation sites (N-methyl/N-ethyl adjacent to an activating group) is 1. The van der Waals surface area contributed by atoms with Crippen LogP contribution >= 0.6 is 18.7 Å². The predicted molar refractivity (Wildman–Crippen MR) is 189 cm³/mol. The van der Waals surface area contributed by atoms with Crippen LogP contribution in [0.3, 0.4) is 0 Å². The van der Waals surface area contributed by atoms with E-state index in [0.717, 1.165) is 57.8 Å². The zero-order valence-electron chi connectivity index (χ0n) is 27.1. The number of hydrogen-bond acceptors (Lipinski definition) is 10. The van der Waals surface area contributed by atoms with E-state index in [1.165, 1.54) is 6.20 Å². The lowest BCUT2D eigenvalue weighted by molar-refractivity contribution is -0.111. The van der Waals surface area contributed by atoms with E-state index < -0.39 is 13.0 Å². The quantitative estimate of drug-likeness (QED) is 0.212. The fourth-order valence-corrected chi connectivity index (χ4v) is 7.23. The third-order valence-corrected chi connectivity index (χ3v) is 10.2. The third-order valence-electron chi connectivity index (χ3n) is 8.39. The molecule has 2 saturated heterocycles. The van der Waals surface area contributed by atoms with E-state index in [2.05, 4.69) is 59.5 Å². The number of anilines is 6. The Balaban J connectivity index is 1.41. The van der Waals surface area contributed by atoms with Crippen molar-refractivity contribution in [2.24, 2.45) is 0 Å². The molecule has 11 nitrogen and oxygen atoms in total. The number of carbonyl (C=O) groups is 1. The van der Waals surface area contributed by atoms with Gasteiger partial charge in [0, 0.05) is 56.7 Å². The topological polar surface area (TPSA) is 115 Å². The highest BCUT2D eigenvalue weighted by atomic mass is 35.5. The number of rotatable bonds is 9. The van der Waals surface area contributed by atoms with Gasteiger partial charge in [0.15, 0.2) is 5.82 Å². The van der Waals surface area contributed by atoms with Gasteiger partial charge in [-0.1, -0.05) is 29.7 Å². The molecule has 46 heavy (non-hydrogen) atoms. The van der Waals surface area contributed by atoms with Gasteiger partial charge in [-0.15, -0.1) is 0 Å². The van der Waals surface area contributed by atoms with Crippen LogP contribution in [0, 0.1) is 11.8 Å². The molecule has 0 aliphatic carbocycles. The summed E-state index contributed by atoms with van der Waals surface area (Å²) in [6, 6.07) is 11.7. The summed E-state index contributed by atoms with van der Waals surface area (Å²) in [6.45, 7) is 11.2. The number of methoxy groups -OCH3 is 1. The minimum atomic E-state index is -2.57. The lowest BCUT2D eigenvalue weighted by atomic mass is 10.0. The predicted octanol–water partition coefficient (Wildman–Crippen LogP) is 5.05. The summed E-state index contributed by atoms with van der Waals surface area (Å²) >= 11 is 6.48. The lowest BCUT2D eigenvalue weighted by Crippen LogP contribution is -2.52. The SMILES string of the molecule is CC#CC(=O)Nc1cc(Nc2ncc(Cl)c(Nc3ccccc3P(C)(C)=O)n2)c(OC)cc1N1CCC(N2CCN(C)CC2)CC1. The van der Waals surface area contributed by atoms with E-state index in [4.69, 9.17) is 16.3 Å². The lowest BCUT2D eigenvalue weighted by Gasteiger charge is -2.43. The van der Waals surface area contributed by atoms with Gasteiger partial charge in [-0.2, -0.15) is 4.98 Å². The molecule has 0 saturated carbocycles. The van der Waals surface area contributed by atoms with E-state index >= 15 is 0 Å². The van der Waals surface area contributed by atoms with Crippen LogP contribution in [0.15, 0.2) is 42.6 Å². The Morgan fingerprint density at radius 1 is 1.02 bits per heavy atom. The number of nitrogens with zero attached hydrogens (tertiary/aromatic N) is 5. The number of amides is 1. The average Bonchev–Trinajstić information content (AvgIpc) is 3.03. The largest absolute Gasteiger partial charge is 0.494 e. The molecular formula is C33H42ClN8O3P. The summed E-state index contributed by atoms with van der Waals surface area (Å²) in [7, 11) is 1.21. The van der Waals surface area contributed by atoms with Crippen LogP contribution < -0.4 is 30.9 Å². The maximum Gasteiger partial charge on any atom is 0.300 e. The molecule has 0 unspecified atom stereocenters. The molecule has 0 atom stereocenters. The summed E-state index contributed by atoms with van der Waals surface area (Å²) in [4.78, 5) is 29.0. The van der Waals surface area contributed by atoms with Crippen molar-refractivity contribution in [1.29, 1.82) is 0 Å². The first-order chi connectivity index (χ1) is 22.0. The molecule has 0 radical (unpaired) electrons. The smallest absolute Gasteiger partial charge is 0.300 e. The van der Waals surface area contributed by atoms with E-state index in [0.29, 0.717) is 45.0 Å². The molecular weight excluding hydrogens is 623 g/mol. The number of aromatic nitrogens is 2. The zero-order chi connectivity index (χ0) is 32.8. The minimum absolute atomic E-state index is 0.255. The first-order valence-corrected chi connectivity index (χ1v) is 18.4. The van der Waals surface area contributed by atoms with Gasteiger partial charge in [0.05, 0.1) is 36.1 Å². The van der Waals surface area contributed by atoms with Gasteiger partial charge in [-0.05, 0) is 64.3 Å². The number of benzene rings is 2. The van der Waals surface area contributed by atoms with Crippen LogP contribution in [0.25, 0.3) is 0 Å². The van der Waals surface area contributed by atoms with Crippen molar-refractivity contribution < 1.29 is 14.1 Å². The molecule has 3 heterocycles. The molecule has 2 aliphatic heterocycles. The fourth-order valence-electron chi connectivity index (χ4n) is 5.94. The average molecular weight is 665 g/mol. The van der Waals surface area contributed by atoms with Crippen LogP contribution in [0.5, 0.6) is 5.75 Å². The molecule has 244 valence electrons. The first-order valence-electron chi connectivity index (χ1n) is 15.4. The molecule has 1 aromatic heterocycles. The molecule has 2 aliphatic rings. The van der Waals surface area contributed by atoms with Crippen molar-refractivity contribution in [3.8, 4) is 17.6 Å². The van der Waals surface area contributed by atoms with Crippen LogP contribution in [-0.2, 0) is 9.36 Å². The van der Waals surface area contributed by atoms with Crippen molar-refractivity contribution >= 4 is 64.5 Å². The van der Waals surface area contributed by atoms with Crippen LogP contribution in [0.2, 0.25) is 5.02 Å². The molecule has 0 bridgehead atoms. The highest BCUT2D eigenvalue weighted by molar-refractivity contribution is 7.70. The second-order valence-electron chi connectivity index (χ2n) is 12.0.